The molecule has 0 radical (unpaired) electrons. The molecule has 0 bridgehead atoms. The first-order valence-corrected chi connectivity index (χ1v) is 9.47. The van der Waals surface area contributed by atoms with Gasteiger partial charge in [0.25, 0.3) is 0 Å². The maximum Gasteiger partial charge on any atom is 0.232 e. The third kappa shape index (κ3) is 4.03. The molecule has 7 heteroatoms. The van der Waals surface area contributed by atoms with E-state index in [0.29, 0.717) is 43.5 Å². The predicted molar refractivity (Wildman–Crippen MR) is 103 cm³/mol. The number of hydrogen-bond donors (Lipinski definition) is 0. The summed E-state index contributed by atoms with van der Waals surface area (Å²) in [6.45, 7) is 3.91. The van der Waals surface area contributed by atoms with Gasteiger partial charge in [0.2, 0.25) is 17.6 Å². The monoisotopic (exact) mass is 378 g/mol. The van der Waals surface area contributed by atoms with Gasteiger partial charge in [-0.1, -0.05) is 30.3 Å². The number of pyridine rings is 1. The Morgan fingerprint density at radius 2 is 2.07 bits per heavy atom. The van der Waals surface area contributed by atoms with Crippen LogP contribution in [-0.4, -0.2) is 39.1 Å². The normalized spacial score (nSPS) is 16.5. The molecule has 4 rings (SSSR count). The van der Waals surface area contributed by atoms with E-state index >= 15 is 0 Å². The SMILES string of the molecule is CCCOc1ccc(CN2CC(c3nc(-c4ccccn4)no3)CC2=O)cc1. The molecule has 1 aliphatic heterocycles. The van der Waals surface area contributed by atoms with Gasteiger partial charge in [-0.15, -0.1) is 0 Å². The van der Waals surface area contributed by atoms with E-state index in [1.54, 1.807) is 6.20 Å². The molecule has 144 valence electrons. The van der Waals surface area contributed by atoms with Crippen LogP contribution in [0.3, 0.4) is 0 Å². The lowest BCUT2D eigenvalue weighted by Gasteiger charge is -2.16. The van der Waals surface area contributed by atoms with Crippen molar-refractivity contribution in [3.63, 3.8) is 0 Å². The van der Waals surface area contributed by atoms with Crippen LogP contribution < -0.4 is 4.74 Å². The molecule has 1 saturated heterocycles. The Bertz CT molecular complexity index is 924. The molecule has 1 fully saturated rings. The first-order chi connectivity index (χ1) is 13.7. The Labute approximate surface area is 163 Å². The van der Waals surface area contributed by atoms with Gasteiger partial charge in [-0.2, -0.15) is 4.98 Å². The topological polar surface area (TPSA) is 81.3 Å². The molecule has 1 amide bonds. The van der Waals surface area contributed by atoms with Crippen molar-refractivity contribution in [3.05, 3.63) is 60.1 Å². The van der Waals surface area contributed by atoms with Crippen LogP contribution in [0.2, 0.25) is 0 Å². The Morgan fingerprint density at radius 1 is 1.21 bits per heavy atom. The van der Waals surface area contributed by atoms with Gasteiger partial charge in [0.05, 0.1) is 12.5 Å². The fourth-order valence-electron chi connectivity index (χ4n) is 3.22. The highest BCUT2D eigenvalue weighted by atomic mass is 16.5. The third-order valence-electron chi connectivity index (χ3n) is 4.67. The van der Waals surface area contributed by atoms with Crippen molar-refractivity contribution < 1.29 is 14.1 Å². The van der Waals surface area contributed by atoms with Crippen LogP contribution in [0.4, 0.5) is 0 Å². The molecule has 1 aliphatic rings. The van der Waals surface area contributed by atoms with Crippen molar-refractivity contribution in [2.75, 3.05) is 13.2 Å². The smallest absolute Gasteiger partial charge is 0.232 e. The van der Waals surface area contributed by atoms with Crippen molar-refractivity contribution in [2.45, 2.75) is 32.2 Å². The Kier molecular flexibility index (Phi) is 5.32. The number of hydrogen-bond acceptors (Lipinski definition) is 6. The minimum atomic E-state index is -0.0929. The van der Waals surface area contributed by atoms with Crippen molar-refractivity contribution in [1.82, 2.24) is 20.0 Å². The third-order valence-corrected chi connectivity index (χ3v) is 4.67. The lowest BCUT2D eigenvalue weighted by atomic mass is 10.1. The summed E-state index contributed by atoms with van der Waals surface area (Å²) in [5.41, 5.74) is 1.72. The average Bonchev–Trinajstić information content (AvgIpc) is 3.36. The van der Waals surface area contributed by atoms with Crippen LogP contribution in [0, 0.1) is 0 Å². The van der Waals surface area contributed by atoms with Gasteiger partial charge in [0, 0.05) is 25.7 Å². The fourth-order valence-corrected chi connectivity index (χ4v) is 3.22. The van der Waals surface area contributed by atoms with E-state index in [1.165, 1.54) is 0 Å². The van der Waals surface area contributed by atoms with E-state index in [1.807, 2.05) is 47.4 Å². The second-order valence-corrected chi connectivity index (χ2v) is 6.84. The maximum absolute atomic E-state index is 12.4. The number of amides is 1. The quantitative estimate of drug-likeness (QED) is 0.626. The van der Waals surface area contributed by atoms with Gasteiger partial charge < -0.3 is 14.2 Å². The van der Waals surface area contributed by atoms with Crippen LogP contribution >= 0.6 is 0 Å². The summed E-state index contributed by atoms with van der Waals surface area (Å²) < 4.78 is 11.0. The number of benzene rings is 1. The maximum atomic E-state index is 12.4. The summed E-state index contributed by atoms with van der Waals surface area (Å²) in [6, 6.07) is 13.4. The van der Waals surface area contributed by atoms with Crippen LogP contribution in [-0.2, 0) is 11.3 Å². The molecular weight excluding hydrogens is 356 g/mol. The largest absolute Gasteiger partial charge is 0.494 e. The second kappa shape index (κ2) is 8.21. The molecule has 7 nitrogen and oxygen atoms in total. The van der Waals surface area contributed by atoms with Gasteiger partial charge >= 0.3 is 0 Å². The van der Waals surface area contributed by atoms with Crippen molar-refractivity contribution in [2.24, 2.45) is 0 Å². The lowest BCUT2D eigenvalue weighted by Crippen LogP contribution is -2.24. The highest BCUT2D eigenvalue weighted by Gasteiger charge is 2.34. The van der Waals surface area contributed by atoms with Crippen molar-refractivity contribution >= 4 is 5.91 Å². The molecule has 3 aromatic rings. The molecule has 0 N–H and O–H groups in total. The number of nitrogens with zero attached hydrogens (tertiary/aromatic N) is 4. The number of rotatable bonds is 7. The highest BCUT2D eigenvalue weighted by Crippen LogP contribution is 2.29. The number of carbonyl (C=O) groups is 1. The van der Waals surface area contributed by atoms with Gasteiger partial charge in [0.15, 0.2) is 0 Å². The molecule has 28 heavy (non-hydrogen) atoms. The molecule has 0 saturated carbocycles. The summed E-state index contributed by atoms with van der Waals surface area (Å²) in [5, 5.41) is 4.01. The van der Waals surface area contributed by atoms with Gasteiger partial charge in [-0.05, 0) is 36.2 Å². The van der Waals surface area contributed by atoms with E-state index in [0.717, 1.165) is 17.7 Å². The number of ether oxygens (including phenoxy) is 1. The summed E-state index contributed by atoms with van der Waals surface area (Å²) in [7, 11) is 0. The number of likely N-dealkylation sites (tertiary alicyclic amines) is 1. The molecule has 1 aromatic carbocycles. The van der Waals surface area contributed by atoms with Crippen LogP contribution in [0.5, 0.6) is 5.75 Å². The molecule has 1 atom stereocenters. The Morgan fingerprint density at radius 3 is 2.82 bits per heavy atom. The van der Waals surface area contributed by atoms with Gasteiger partial charge in [0.1, 0.15) is 11.4 Å². The lowest BCUT2D eigenvalue weighted by molar-refractivity contribution is -0.128. The zero-order valence-corrected chi connectivity index (χ0v) is 15.7. The van der Waals surface area contributed by atoms with Crippen molar-refractivity contribution in [3.8, 4) is 17.3 Å². The fraction of sp³-hybridized carbons (Fsp3) is 0.333. The zero-order chi connectivity index (χ0) is 19.3. The zero-order valence-electron chi connectivity index (χ0n) is 15.7. The molecule has 2 aromatic heterocycles. The van der Waals surface area contributed by atoms with E-state index in [-0.39, 0.29) is 11.8 Å². The Balaban J connectivity index is 1.39. The Hall–Kier alpha value is -3.22. The molecule has 1 unspecified atom stereocenters. The minimum Gasteiger partial charge on any atom is -0.494 e. The van der Waals surface area contributed by atoms with Gasteiger partial charge in [-0.3, -0.25) is 9.78 Å². The van der Waals surface area contributed by atoms with Crippen LogP contribution in [0.25, 0.3) is 11.5 Å². The predicted octanol–water partition coefficient (Wildman–Crippen LogP) is 3.44. The molecule has 0 aliphatic carbocycles. The minimum absolute atomic E-state index is 0.0916. The summed E-state index contributed by atoms with van der Waals surface area (Å²) in [4.78, 5) is 22.9. The second-order valence-electron chi connectivity index (χ2n) is 6.84. The standard InChI is InChI=1S/C21H22N4O3/c1-2-11-27-17-8-6-15(7-9-17)13-25-14-16(12-19(25)26)21-23-20(24-28-21)18-5-3-4-10-22-18/h3-10,16H,2,11-14H2,1H3. The van der Waals surface area contributed by atoms with E-state index < -0.39 is 0 Å². The summed E-state index contributed by atoms with van der Waals surface area (Å²) in [6.07, 6.45) is 3.04. The number of carbonyl (C=O) groups excluding carboxylic acids is 1. The number of aromatic nitrogens is 3. The van der Waals surface area contributed by atoms with E-state index in [4.69, 9.17) is 9.26 Å². The first-order valence-electron chi connectivity index (χ1n) is 9.47. The van der Waals surface area contributed by atoms with E-state index in [2.05, 4.69) is 22.0 Å². The molecule has 3 heterocycles. The highest BCUT2D eigenvalue weighted by molar-refractivity contribution is 5.79. The average molecular weight is 378 g/mol. The van der Waals surface area contributed by atoms with Crippen molar-refractivity contribution in [1.29, 1.82) is 0 Å². The summed E-state index contributed by atoms with van der Waals surface area (Å²) in [5.74, 6) is 1.78. The van der Waals surface area contributed by atoms with Gasteiger partial charge in [-0.25, -0.2) is 0 Å². The summed E-state index contributed by atoms with van der Waals surface area (Å²) >= 11 is 0. The van der Waals surface area contributed by atoms with Crippen LogP contribution in [0.1, 0.15) is 37.1 Å². The van der Waals surface area contributed by atoms with E-state index in [9.17, 15) is 4.79 Å². The van der Waals surface area contributed by atoms with Crippen LogP contribution in [0.15, 0.2) is 53.2 Å². The molecular formula is C21H22N4O3. The molecule has 0 spiro atoms. The first kappa shape index (κ1) is 18.2.